The van der Waals surface area contributed by atoms with Crippen molar-refractivity contribution in [2.75, 3.05) is 43.2 Å². The highest BCUT2D eigenvalue weighted by molar-refractivity contribution is 5.61. The van der Waals surface area contributed by atoms with Gasteiger partial charge in [0.1, 0.15) is 6.04 Å². The summed E-state index contributed by atoms with van der Waals surface area (Å²) in [6.45, 7) is 2.53. The molecule has 0 amide bonds. The quantitative estimate of drug-likeness (QED) is 0.676. The molecule has 2 aliphatic rings. The topological polar surface area (TPSA) is 72.7 Å². The average molecular weight is 443 g/mol. The molecule has 1 saturated heterocycles. The molecule has 0 radical (unpaired) electrons. The third-order valence-electron chi connectivity index (χ3n) is 5.46. The number of halogens is 4. The Morgan fingerprint density at radius 2 is 2.06 bits per heavy atom. The van der Waals surface area contributed by atoms with Crippen molar-refractivity contribution in [3.63, 3.8) is 0 Å². The Morgan fingerprint density at radius 1 is 1.29 bits per heavy atom. The SMILES string of the molecule is COc1cc(N2CCC(C(F)(F)F)n3c2nc(N2CCOC[C@H]2C)c(F)c3=O)ccn1. The van der Waals surface area contributed by atoms with Crippen LogP contribution in [0.3, 0.4) is 0 Å². The Kier molecular flexibility index (Phi) is 5.50. The van der Waals surface area contributed by atoms with Gasteiger partial charge in [0, 0.05) is 25.4 Å². The lowest BCUT2D eigenvalue weighted by atomic mass is 10.1. The molecule has 0 aliphatic carbocycles. The first kappa shape index (κ1) is 21.3. The normalized spacial score (nSPS) is 21.7. The summed E-state index contributed by atoms with van der Waals surface area (Å²) in [7, 11) is 1.41. The van der Waals surface area contributed by atoms with Gasteiger partial charge in [0.25, 0.3) is 5.56 Å². The van der Waals surface area contributed by atoms with Gasteiger partial charge in [-0.1, -0.05) is 0 Å². The van der Waals surface area contributed by atoms with E-state index in [1.165, 1.54) is 24.3 Å². The van der Waals surface area contributed by atoms with Crippen LogP contribution in [0.5, 0.6) is 5.88 Å². The number of pyridine rings is 1. The molecular formula is C19H21F4N5O3. The number of nitrogens with zero attached hydrogens (tertiary/aromatic N) is 5. The Morgan fingerprint density at radius 3 is 2.74 bits per heavy atom. The van der Waals surface area contributed by atoms with Crippen molar-refractivity contribution in [3.05, 3.63) is 34.5 Å². The number of anilines is 3. The second kappa shape index (κ2) is 7.98. The lowest BCUT2D eigenvalue weighted by Gasteiger charge is -2.39. The number of morpholine rings is 1. The Hall–Kier alpha value is -2.89. The van der Waals surface area contributed by atoms with Crippen LogP contribution in [0.2, 0.25) is 0 Å². The van der Waals surface area contributed by atoms with E-state index in [9.17, 15) is 18.0 Å². The molecule has 1 fully saturated rings. The van der Waals surface area contributed by atoms with Crippen molar-refractivity contribution < 1.29 is 27.0 Å². The van der Waals surface area contributed by atoms with Crippen LogP contribution in [0, 0.1) is 5.82 Å². The fourth-order valence-corrected chi connectivity index (χ4v) is 3.91. The van der Waals surface area contributed by atoms with E-state index >= 15 is 4.39 Å². The standard InChI is InChI=1S/C19H21F4N5O3/c1-11-10-31-8-7-26(11)16-15(20)17(29)28-13(19(21,22)23)4-6-27(18(28)25-16)12-3-5-24-14(9-12)30-2/h3,5,9,11,13H,4,6-8,10H2,1-2H3/t11-,13?/m1/s1. The molecule has 168 valence electrons. The van der Waals surface area contributed by atoms with E-state index in [2.05, 4.69) is 9.97 Å². The van der Waals surface area contributed by atoms with E-state index in [1.807, 2.05) is 0 Å². The van der Waals surface area contributed by atoms with Crippen LogP contribution >= 0.6 is 0 Å². The van der Waals surface area contributed by atoms with Gasteiger partial charge < -0.3 is 19.3 Å². The molecule has 2 aliphatic heterocycles. The zero-order valence-electron chi connectivity index (χ0n) is 16.9. The number of alkyl halides is 3. The highest BCUT2D eigenvalue weighted by Crippen LogP contribution is 2.41. The van der Waals surface area contributed by atoms with E-state index in [0.717, 1.165) is 0 Å². The van der Waals surface area contributed by atoms with Gasteiger partial charge in [0.15, 0.2) is 5.82 Å². The summed E-state index contributed by atoms with van der Waals surface area (Å²) in [6.07, 6.45) is -3.74. The summed E-state index contributed by atoms with van der Waals surface area (Å²) < 4.78 is 67.0. The molecule has 2 atom stereocenters. The molecular weight excluding hydrogens is 422 g/mol. The first-order chi connectivity index (χ1) is 14.7. The van der Waals surface area contributed by atoms with Gasteiger partial charge in [-0.05, 0) is 19.4 Å². The van der Waals surface area contributed by atoms with Gasteiger partial charge in [0.05, 0.1) is 32.1 Å². The molecule has 0 spiro atoms. The van der Waals surface area contributed by atoms with Gasteiger partial charge in [-0.3, -0.25) is 9.36 Å². The first-order valence-electron chi connectivity index (χ1n) is 9.73. The second-order valence-electron chi connectivity index (χ2n) is 7.40. The van der Waals surface area contributed by atoms with E-state index in [0.29, 0.717) is 16.9 Å². The number of hydrogen-bond donors (Lipinski definition) is 0. The van der Waals surface area contributed by atoms with Crippen LogP contribution in [0.1, 0.15) is 19.4 Å². The molecule has 0 bridgehead atoms. The first-order valence-corrected chi connectivity index (χ1v) is 9.73. The third-order valence-corrected chi connectivity index (χ3v) is 5.46. The van der Waals surface area contributed by atoms with Crippen LogP contribution in [0.15, 0.2) is 23.1 Å². The predicted molar refractivity (Wildman–Crippen MR) is 104 cm³/mol. The molecule has 4 rings (SSSR count). The summed E-state index contributed by atoms with van der Waals surface area (Å²) in [6, 6.07) is 0.612. The fourth-order valence-electron chi connectivity index (χ4n) is 3.91. The lowest BCUT2D eigenvalue weighted by molar-refractivity contribution is -0.170. The number of fused-ring (bicyclic) bond motifs is 1. The Bertz CT molecular complexity index is 1030. The van der Waals surface area contributed by atoms with Crippen molar-refractivity contribution in [2.24, 2.45) is 0 Å². The molecule has 8 nitrogen and oxygen atoms in total. The van der Waals surface area contributed by atoms with Gasteiger partial charge in [-0.25, -0.2) is 4.98 Å². The molecule has 1 unspecified atom stereocenters. The maximum absolute atomic E-state index is 15.1. The minimum atomic E-state index is -4.73. The van der Waals surface area contributed by atoms with Gasteiger partial charge in [-0.2, -0.15) is 22.5 Å². The smallest absolute Gasteiger partial charge is 0.409 e. The van der Waals surface area contributed by atoms with E-state index in [-0.39, 0.29) is 43.4 Å². The highest BCUT2D eigenvalue weighted by atomic mass is 19.4. The van der Waals surface area contributed by atoms with Gasteiger partial charge in [0.2, 0.25) is 17.6 Å². The highest BCUT2D eigenvalue weighted by Gasteiger charge is 2.47. The molecule has 0 saturated carbocycles. The van der Waals surface area contributed by atoms with Gasteiger partial charge >= 0.3 is 6.18 Å². The predicted octanol–water partition coefficient (Wildman–Crippen LogP) is 2.66. The molecule has 2 aromatic rings. The van der Waals surface area contributed by atoms with Crippen molar-refractivity contribution in [1.82, 2.24) is 14.5 Å². The van der Waals surface area contributed by atoms with Gasteiger partial charge in [-0.15, -0.1) is 0 Å². The summed E-state index contributed by atoms with van der Waals surface area (Å²) in [5.74, 6) is -1.61. The van der Waals surface area contributed by atoms with Crippen molar-refractivity contribution in [1.29, 1.82) is 0 Å². The number of aromatic nitrogens is 3. The summed E-state index contributed by atoms with van der Waals surface area (Å²) in [4.78, 5) is 24.1. The zero-order valence-corrected chi connectivity index (χ0v) is 16.9. The molecule has 0 aromatic carbocycles. The van der Waals surface area contributed by atoms with Crippen molar-refractivity contribution >= 4 is 17.5 Å². The van der Waals surface area contributed by atoms with Crippen LogP contribution in [-0.4, -0.2) is 60.2 Å². The fraction of sp³-hybridized carbons (Fsp3) is 0.526. The minimum Gasteiger partial charge on any atom is -0.481 e. The van der Waals surface area contributed by atoms with Crippen LogP contribution in [-0.2, 0) is 4.74 Å². The number of methoxy groups -OCH3 is 1. The van der Waals surface area contributed by atoms with Crippen molar-refractivity contribution in [3.8, 4) is 5.88 Å². The van der Waals surface area contributed by atoms with Crippen molar-refractivity contribution in [2.45, 2.75) is 31.6 Å². The Labute approximate surface area is 175 Å². The van der Waals surface area contributed by atoms with Crippen LogP contribution < -0.4 is 20.1 Å². The number of hydrogen-bond acceptors (Lipinski definition) is 7. The molecule has 31 heavy (non-hydrogen) atoms. The van der Waals surface area contributed by atoms with Crippen LogP contribution in [0.4, 0.5) is 35.0 Å². The largest absolute Gasteiger partial charge is 0.481 e. The average Bonchev–Trinajstić information content (AvgIpc) is 2.75. The Balaban J connectivity index is 1.91. The summed E-state index contributed by atoms with van der Waals surface area (Å²) in [5, 5.41) is 0. The monoisotopic (exact) mass is 443 g/mol. The molecule has 12 heteroatoms. The van der Waals surface area contributed by atoms with E-state index in [4.69, 9.17) is 9.47 Å². The minimum absolute atomic E-state index is 0.0759. The summed E-state index contributed by atoms with van der Waals surface area (Å²) in [5.41, 5.74) is -0.924. The maximum Gasteiger partial charge on any atom is 0.409 e. The molecule has 2 aromatic heterocycles. The third kappa shape index (κ3) is 3.80. The zero-order chi connectivity index (χ0) is 22.3. The maximum atomic E-state index is 15.1. The second-order valence-corrected chi connectivity index (χ2v) is 7.40. The number of rotatable bonds is 3. The van der Waals surface area contributed by atoms with E-state index in [1.54, 1.807) is 17.9 Å². The van der Waals surface area contributed by atoms with Crippen LogP contribution in [0.25, 0.3) is 0 Å². The molecule has 4 heterocycles. The lowest BCUT2D eigenvalue weighted by Crippen LogP contribution is -2.49. The molecule has 0 N–H and O–H groups in total. The number of ether oxygens (including phenoxy) is 2. The summed E-state index contributed by atoms with van der Waals surface area (Å²) >= 11 is 0. The van der Waals surface area contributed by atoms with E-state index < -0.39 is 30.0 Å².